The third-order valence-electron chi connectivity index (χ3n) is 1.45. The monoisotopic (exact) mass is 132 g/mol. The molecule has 0 aromatic heterocycles. The second-order valence-corrected chi connectivity index (χ2v) is 2.15. The lowest BCUT2D eigenvalue weighted by Gasteiger charge is -2.12. The molecule has 0 radical (unpaired) electrons. The standard InChI is InChI=1S/C5H12N2O2/c1-9-7-4-2-6-3-5(4)8/h4-8H,2-3H2,1H3/t4-,5-/m1/s1. The molecule has 0 spiro atoms. The van der Waals surface area contributed by atoms with Crippen LogP contribution in [0.2, 0.25) is 0 Å². The summed E-state index contributed by atoms with van der Waals surface area (Å²) in [6, 6.07) is 0.0509. The topological polar surface area (TPSA) is 53.5 Å². The molecule has 0 amide bonds. The van der Waals surface area contributed by atoms with Crippen molar-refractivity contribution in [3.8, 4) is 0 Å². The second-order valence-electron chi connectivity index (χ2n) is 2.15. The fourth-order valence-electron chi connectivity index (χ4n) is 0.937. The van der Waals surface area contributed by atoms with Gasteiger partial charge in [-0.3, -0.25) is 0 Å². The van der Waals surface area contributed by atoms with Gasteiger partial charge in [0.2, 0.25) is 0 Å². The van der Waals surface area contributed by atoms with Crippen LogP contribution in [-0.4, -0.2) is 37.5 Å². The van der Waals surface area contributed by atoms with Crippen molar-refractivity contribution >= 4 is 0 Å². The van der Waals surface area contributed by atoms with E-state index >= 15 is 0 Å². The minimum Gasteiger partial charge on any atom is -0.390 e. The van der Waals surface area contributed by atoms with E-state index in [0.717, 1.165) is 6.54 Å². The Morgan fingerprint density at radius 1 is 1.67 bits per heavy atom. The molecular weight excluding hydrogens is 120 g/mol. The Morgan fingerprint density at radius 2 is 2.44 bits per heavy atom. The van der Waals surface area contributed by atoms with Crippen LogP contribution in [0.25, 0.3) is 0 Å². The van der Waals surface area contributed by atoms with Crippen LogP contribution in [0, 0.1) is 0 Å². The van der Waals surface area contributed by atoms with E-state index in [1.165, 1.54) is 0 Å². The van der Waals surface area contributed by atoms with Crippen LogP contribution in [0.5, 0.6) is 0 Å². The average molecular weight is 132 g/mol. The highest BCUT2D eigenvalue weighted by molar-refractivity contribution is 4.83. The Bertz CT molecular complexity index is 89.0. The maximum atomic E-state index is 9.12. The van der Waals surface area contributed by atoms with Crippen molar-refractivity contribution in [2.45, 2.75) is 12.1 Å². The van der Waals surface area contributed by atoms with Gasteiger partial charge in [-0.1, -0.05) is 0 Å². The Hall–Kier alpha value is -0.160. The average Bonchev–Trinajstić information content (AvgIpc) is 2.18. The Balaban J connectivity index is 2.22. The molecule has 1 fully saturated rings. The summed E-state index contributed by atoms with van der Waals surface area (Å²) in [5, 5.41) is 12.1. The van der Waals surface area contributed by atoms with E-state index in [1.54, 1.807) is 7.11 Å². The molecule has 9 heavy (non-hydrogen) atoms. The molecule has 1 heterocycles. The van der Waals surface area contributed by atoms with Gasteiger partial charge < -0.3 is 15.3 Å². The lowest BCUT2D eigenvalue weighted by molar-refractivity contribution is 0.0260. The largest absolute Gasteiger partial charge is 0.390 e. The van der Waals surface area contributed by atoms with E-state index in [0.29, 0.717) is 6.54 Å². The van der Waals surface area contributed by atoms with Gasteiger partial charge in [-0.2, -0.15) is 5.48 Å². The second kappa shape index (κ2) is 3.12. The number of hydroxylamine groups is 1. The highest BCUT2D eigenvalue weighted by Gasteiger charge is 2.23. The molecule has 3 N–H and O–H groups in total. The zero-order valence-electron chi connectivity index (χ0n) is 5.42. The summed E-state index contributed by atoms with van der Waals surface area (Å²) >= 11 is 0. The molecule has 0 unspecified atom stereocenters. The molecule has 1 aliphatic rings. The van der Waals surface area contributed by atoms with Gasteiger partial charge in [0, 0.05) is 13.1 Å². The van der Waals surface area contributed by atoms with Crippen molar-refractivity contribution in [2.24, 2.45) is 0 Å². The van der Waals surface area contributed by atoms with Crippen LogP contribution in [0.4, 0.5) is 0 Å². The number of aliphatic hydroxyl groups excluding tert-OH is 1. The van der Waals surface area contributed by atoms with Crippen molar-refractivity contribution in [2.75, 3.05) is 20.2 Å². The molecule has 0 aromatic carbocycles. The summed E-state index contributed by atoms with van der Waals surface area (Å²) in [6.07, 6.45) is -0.315. The number of rotatable bonds is 2. The molecule has 4 nitrogen and oxygen atoms in total. The van der Waals surface area contributed by atoms with E-state index < -0.39 is 0 Å². The van der Waals surface area contributed by atoms with Gasteiger partial charge >= 0.3 is 0 Å². The maximum absolute atomic E-state index is 9.12. The predicted molar refractivity (Wildman–Crippen MR) is 32.8 cm³/mol. The lowest BCUT2D eigenvalue weighted by atomic mass is 10.2. The van der Waals surface area contributed by atoms with Crippen molar-refractivity contribution in [3.05, 3.63) is 0 Å². The highest BCUT2D eigenvalue weighted by atomic mass is 16.6. The number of aliphatic hydroxyl groups is 1. The van der Waals surface area contributed by atoms with Crippen LogP contribution in [0.15, 0.2) is 0 Å². The van der Waals surface area contributed by atoms with Crippen LogP contribution in [0.1, 0.15) is 0 Å². The van der Waals surface area contributed by atoms with Crippen molar-refractivity contribution in [1.29, 1.82) is 0 Å². The molecule has 1 rings (SSSR count). The zero-order chi connectivity index (χ0) is 6.69. The number of β-amino-alcohol motifs (C(OH)–C–C–N with tert-alkyl or cyclic N) is 1. The Kier molecular flexibility index (Phi) is 2.41. The van der Waals surface area contributed by atoms with E-state index in [1.807, 2.05) is 0 Å². The van der Waals surface area contributed by atoms with Crippen LogP contribution >= 0.6 is 0 Å². The molecule has 4 heteroatoms. The first-order valence-electron chi connectivity index (χ1n) is 3.02. The first-order valence-corrected chi connectivity index (χ1v) is 3.02. The van der Waals surface area contributed by atoms with Gasteiger partial charge in [0.25, 0.3) is 0 Å². The molecule has 2 atom stereocenters. The van der Waals surface area contributed by atoms with E-state index in [2.05, 4.69) is 15.6 Å². The van der Waals surface area contributed by atoms with E-state index in [9.17, 15) is 0 Å². The first-order chi connectivity index (χ1) is 4.34. The lowest BCUT2D eigenvalue weighted by Crippen LogP contribution is -2.38. The minimum atomic E-state index is -0.315. The highest BCUT2D eigenvalue weighted by Crippen LogP contribution is 1.97. The van der Waals surface area contributed by atoms with Gasteiger partial charge in [0.15, 0.2) is 0 Å². The number of hydrogen-bond donors (Lipinski definition) is 3. The Labute approximate surface area is 54.2 Å². The van der Waals surface area contributed by atoms with Gasteiger partial charge in [-0.25, -0.2) is 0 Å². The SMILES string of the molecule is CON[C@@H]1CNC[C@H]1O. The van der Waals surface area contributed by atoms with Crippen LogP contribution in [-0.2, 0) is 4.84 Å². The van der Waals surface area contributed by atoms with Gasteiger partial charge in [0.05, 0.1) is 19.3 Å². The smallest absolute Gasteiger partial charge is 0.0852 e. The van der Waals surface area contributed by atoms with Crippen molar-refractivity contribution < 1.29 is 9.94 Å². The molecule has 1 aliphatic heterocycles. The molecule has 54 valence electrons. The number of hydrogen-bond acceptors (Lipinski definition) is 4. The predicted octanol–water partition coefficient (Wildman–Crippen LogP) is -1.53. The van der Waals surface area contributed by atoms with Crippen LogP contribution in [0.3, 0.4) is 0 Å². The van der Waals surface area contributed by atoms with Gasteiger partial charge in [0.1, 0.15) is 0 Å². The fourth-order valence-corrected chi connectivity index (χ4v) is 0.937. The summed E-state index contributed by atoms with van der Waals surface area (Å²) in [7, 11) is 1.55. The van der Waals surface area contributed by atoms with Crippen LogP contribution < -0.4 is 10.8 Å². The molecule has 1 saturated heterocycles. The fraction of sp³-hybridized carbons (Fsp3) is 1.00. The van der Waals surface area contributed by atoms with Gasteiger partial charge in [-0.15, -0.1) is 0 Å². The van der Waals surface area contributed by atoms with Crippen molar-refractivity contribution in [3.63, 3.8) is 0 Å². The molecule has 0 aromatic rings. The van der Waals surface area contributed by atoms with Gasteiger partial charge in [-0.05, 0) is 0 Å². The summed E-state index contributed by atoms with van der Waals surface area (Å²) < 4.78 is 0. The molecule has 0 bridgehead atoms. The normalized spacial score (nSPS) is 35.3. The first kappa shape index (κ1) is 6.95. The molecule has 0 saturated carbocycles. The summed E-state index contributed by atoms with van der Waals surface area (Å²) in [6.45, 7) is 1.43. The quantitative estimate of drug-likeness (QED) is 0.399. The van der Waals surface area contributed by atoms with Crippen molar-refractivity contribution in [1.82, 2.24) is 10.8 Å². The summed E-state index contributed by atoms with van der Waals surface area (Å²) in [5.41, 5.74) is 2.68. The third kappa shape index (κ3) is 1.62. The van der Waals surface area contributed by atoms with E-state index in [4.69, 9.17) is 5.11 Å². The minimum absolute atomic E-state index is 0.0509. The zero-order valence-corrected chi connectivity index (χ0v) is 5.42. The third-order valence-corrected chi connectivity index (χ3v) is 1.45. The molecular formula is C5H12N2O2. The molecule has 0 aliphatic carbocycles. The van der Waals surface area contributed by atoms with E-state index in [-0.39, 0.29) is 12.1 Å². The summed E-state index contributed by atoms with van der Waals surface area (Å²) in [4.78, 5) is 4.65. The number of nitrogens with one attached hydrogen (secondary N) is 2. The Morgan fingerprint density at radius 3 is 2.89 bits per heavy atom. The maximum Gasteiger partial charge on any atom is 0.0852 e. The summed E-state index contributed by atoms with van der Waals surface area (Å²) in [5.74, 6) is 0.